The van der Waals surface area contributed by atoms with E-state index in [0.29, 0.717) is 0 Å². The van der Waals surface area contributed by atoms with E-state index in [9.17, 15) is 0 Å². The highest BCUT2D eigenvalue weighted by atomic mass is 15.1. The summed E-state index contributed by atoms with van der Waals surface area (Å²) in [6.07, 6.45) is 14.9. The molecule has 0 atom stereocenters. The van der Waals surface area contributed by atoms with Crippen molar-refractivity contribution in [2.45, 2.75) is 64.2 Å². The molecule has 1 saturated carbocycles. The second kappa shape index (κ2) is 6.52. The summed E-state index contributed by atoms with van der Waals surface area (Å²) in [5, 5.41) is 0. The Morgan fingerprint density at radius 2 is 1.47 bits per heavy atom. The molecule has 0 aromatic carbocycles. The Hall–Kier alpha value is -0.0400. The Balaban J connectivity index is 1.53. The van der Waals surface area contributed by atoms with Gasteiger partial charge in [0.1, 0.15) is 0 Å². The average molecular weight is 209 g/mol. The van der Waals surface area contributed by atoms with Gasteiger partial charge in [-0.05, 0) is 51.2 Å². The van der Waals surface area contributed by atoms with Gasteiger partial charge in [0, 0.05) is 0 Å². The zero-order valence-electron chi connectivity index (χ0n) is 10.2. The molecule has 0 unspecified atom stereocenters. The Labute approximate surface area is 95.2 Å². The van der Waals surface area contributed by atoms with Gasteiger partial charge < -0.3 is 4.90 Å². The summed E-state index contributed by atoms with van der Waals surface area (Å²) in [4.78, 5) is 2.69. The average Bonchev–Trinajstić information content (AvgIpc) is 2.32. The number of nitrogens with zero attached hydrogens (tertiary/aromatic N) is 1. The van der Waals surface area contributed by atoms with E-state index in [-0.39, 0.29) is 0 Å². The minimum absolute atomic E-state index is 1.09. The van der Waals surface area contributed by atoms with Crippen LogP contribution in [0.3, 0.4) is 0 Å². The fourth-order valence-electron chi connectivity index (χ4n) is 3.26. The first-order valence-corrected chi connectivity index (χ1v) is 7.17. The number of rotatable bonds is 4. The summed E-state index contributed by atoms with van der Waals surface area (Å²) in [5.74, 6) is 1.09. The smallest absolute Gasteiger partial charge is 0.00186 e. The molecule has 1 saturated heterocycles. The van der Waals surface area contributed by atoms with Crippen LogP contribution in [-0.2, 0) is 0 Å². The largest absolute Gasteiger partial charge is 0.303 e. The van der Waals surface area contributed by atoms with Crippen molar-refractivity contribution in [1.29, 1.82) is 0 Å². The molecule has 0 amide bonds. The van der Waals surface area contributed by atoms with Crippen LogP contribution in [0, 0.1) is 5.92 Å². The van der Waals surface area contributed by atoms with Crippen LogP contribution in [0.2, 0.25) is 0 Å². The van der Waals surface area contributed by atoms with Gasteiger partial charge in [-0.1, -0.05) is 38.5 Å². The van der Waals surface area contributed by atoms with E-state index >= 15 is 0 Å². The van der Waals surface area contributed by atoms with Crippen LogP contribution in [0.4, 0.5) is 0 Å². The van der Waals surface area contributed by atoms with Gasteiger partial charge in [-0.25, -0.2) is 0 Å². The monoisotopic (exact) mass is 209 g/mol. The molecular formula is C14H27N. The highest BCUT2D eigenvalue weighted by Gasteiger charge is 2.14. The van der Waals surface area contributed by atoms with Crippen LogP contribution < -0.4 is 0 Å². The van der Waals surface area contributed by atoms with Crippen molar-refractivity contribution < 1.29 is 0 Å². The Morgan fingerprint density at radius 1 is 0.800 bits per heavy atom. The summed E-state index contributed by atoms with van der Waals surface area (Å²) in [6.45, 7) is 4.14. The molecule has 0 radical (unpaired) electrons. The molecule has 1 aliphatic heterocycles. The number of likely N-dealkylation sites (tertiary alicyclic amines) is 1. The molecule has 0 aromatic heterocycles. The maximum Gasteiger partial charge on any atom is -0.00186 e. The predicted octanol–water partition coefficient (Wildman–Crippen LogP) is 3.83. The van der Waals surface area contributed by atoms with E-state index < -0.39 is 0 Å². The fraction of sp³-hybridized carbons (Fsp3) is 1.00. The van der Waals surface area contributed by atoms with Crippen LogP contribution in [0.15, 0.2) is 0 Å². The zero-order chi connectivity index (χ0) is 10.3. The Bertz CT molecular complexity index is 137. The van der Waals surface area contributed by atoms with Gasteiger partial charge in [0.25, 0.3) is 0 Å². The lowest BCUT2D eigenvalue weighted by Crippen LogP contribution is -2.30. The van der Waals surface area contributed by atoms with Gasteiger partial charge in [-0.3, -0.25) is 0 Å². The number of hydrogen-bond acceptors (Lipinski definition) is 1. The Morgan fingerprint density at radius 3 is 2.20 bits per heavy atom. The van der Waals surface area contributed by atoms with Crippen LogP contribution >= 0.6 is 0 Å². The molecule has 0 aromatic rings. The van der Waals surface area contributed by atoms with Gasteiger partial charge in [-0.2, -0.15) is 0 Å². The highest BCUT2D eigenvalue weighted by molar-refractivity contribution is 4.68. The van der Waals surface area contributed by atoms with Crippen LogP contribution in [0.1, 0.15) is 64.2 Å². The lowest BCUT2D eigenvalue weighted by atomic mass is 9.86. The van der Waals surface area contributed by atoms with Gasteiger partial charge in [0.2, 0.25) is 0 Å². The fourth-order valence-corrected chi connectivity index (χ4v) is 3.26. The Kier molecular flexibility index (Phi) is 4.98. The molecule has 0 N–H and O–H groups in total. The van der Waals surface area contributed by atoms with E-state index in [1.54, 1.807) is 0 Å². The van der Waals surface area contributed by atoms with Gasteiger partial charge in [0.05, 0.1) is 0 Å². The van der Waals surface area contributed by atoms with Crippen molar-refractivity contribution in [3.8, 4) is 0 Å². The molecule has 1 nitrogen and oxygen atoms in total. The summed E-state index contributed by atoms with van der Waals surface area (Å²) < 4.78 is 0. The molecule has 1 heteroatoms. The minimum atomic E-state index is 1.09. The van der Waals surface area contributed by atoms with E-state index in [2.05, 4.69) is 4.90 Å². The summed E-state index contributed by atoms with van der Waals surface area (Å²) in [5.41, 5.74) is 0. The first kappa shape index (κ1) is 11.4. The third-order valence-corrected chi connectivity index (χ3v) is 4.26. The first-order valence-electron chi connectivity index (χ1n) is 7.17. The van der Waals surface area contributed by atoms with Crippen molar-refractivity contribution in [1.82, 2.24) is 4.90 Å². The van der Waals surface area contributed by atoms with E-state index in [4.69, 9.17) is 0 Å². The third kappa shape index (κ3) is 4.14. The molecule has 0 spiro atoms. The quantitative estimate of drug-likeness (QED) is 0.680. The molecule has 1 heterocycles. The first-order chi connectivity index (χ1) is 7.45. The van der Waals surface area contributed by atoms with Gasteiger partial charge in [-0.15, -0.1) is 0 Å². The topological polar surface area (TPSA) is 3.24 Å². The molecule has 88 valence electrons. The van der Waals surface area contributed by atoms with E-state index in [1.807, 2.05) is 0 Å². The lowest BCUT2D eigenvalue weighted by molar-refractivity contribution is 0.214. The number of piperidine rings is 1. The second-order valence-corrected chi connectivity index (χ2v) is 5.55. The summed E-state index contributed by atoms with van der Waals surface area (Å²) in [6, 6.07) is 0. The van der Waals surface area contributed by atoms with Gasteiger partial charge >= 0.3 is 0 Å². The van der Waals surface area contributed by atoms with Crippen molar-refractivity contribution in [3.63, 3.8) is 0 Å². The van der Waals surface area contributed by atoms with Crippen LogP contribution in [0.25, 0.3) is 0 Å². The SMILES string of the molecule is C1CCC(CCCN2CCCCC2)CC1. The number of hydrogen-bond donors (Lipinski definition) is 0. The standard InChI is InChI=1S/C14H27N/c1-3-8-14(9-4-1)10-7-13-15-11-5-2-6-12-15/h14H,1-13H2. The van der Waals surface area contributed by atoms with E-state index in [1.165, 1.54) is 83.8 Å². The predicted molar refractivity (Wildman–Crippen MR) is 66.1 cm³/mol. The normalized spacial score (nSPS) is 25.6. The summed E-state index contributed by atoms with van der Waals surface area (Å²) in [7, 11) is 0. The second-order valence-electron chi connectivity index (χ2n) is 5.55. The maximum atomic E-state index is 2.69. The lowest BCUT2D eigenvalue weighted by Gasteiger charge is -2.27. The molecule has 1 aliphatic carbocycles. The molecule has 0 bridgehead atoms. The zero-order valence-corrected chi connectivity index (χ0v) is 10.2. The molecule has 2 fully saturated rings. The molecule has 2 aliphatic rings. The highest BCUT2D eigenvalue weighted by Crippen LogP contribution is 2.27. The molecule has 2 rings (SSSR count). The van der Waals surface area contributed by atoms with Crippen molar-refractivity contribution in [2.24, 2.45) is 5.92 Å². The van der Waals surface area contributed by atoms with E-state index in [0.717, 1.165) is 5.92 Å². The van der Waals surface area contributed by atoms with Gasteiger partial charge in [0.15, 0.2) is 0 Å². The molecular weight excluding hydrogens is 182 g/mol. The third-order valence-electron chi connectivity index (χ3n) is 4.26. The van der Waals surface area contributed by atoms with Crippen LogP contribution in [0.5, 0.6) is 0 Å². The van der Waals surface area contributed by atoms with Crippen molar-refractivity contribution >= 4 is 0 Å². The van der Waals surface area contributed by atoms with Crippen molar-refractivity contribution in [3.05, 3.63) is 0 Å². The minimum Gasteiger partial charge on any atom is -0.303 e. The molecule has 15 heavy (non-hydrogen) atoms. The van der Waals surface area contributed by atoms with Crippen LogP contribution in [-0.4, -0.2) is 24.5 Å². The summed E-state index contributed by atoms with van der Waals surface area (Å²) >= 11 is 0. The maximum absolute atomic E-state index is 2.69. The van der Waals surface area contributed by atoms with Crippen molar-refractivity contribution in [2.75, 3.05) is 19.6 Å².